The molecule has 0 saturated carbocycles. The summed E-state index contributed by atoms with van der Waals surface area (Å²) in [6.07, 6.45) is 0. The number of anilines is 1. The summed E-state index contributed by atoms with van der Waals surface area (Å²) in [5, 5.41) is 9.82. The zero-order valence-corrected chi connectivity index (χ0v) is 14.6. The molecule has 0 bridgehead atoms. The van der Waals surface area contributed by atoms with E-state index in [1.807, 2.05) is 91.0 Å². The molecule has 1 aromatic heterocycles. The lowest BCUT2D eigenvalue weighted by atomic mass is 9.88. The van der Waals surface area contributed by atoms with E-state index in [9.17, 15) is 5.26 Å². The van der Waals surface area contributed by atoms with Gasteiger partial charge in [0.25, 0.3) is 0 Å². The third-order valence-corrected chi connectivity index (χ3v) is 4.51. The van der Waals surface area contributed by atoms with Gasteiger partial charge in [0.2, 0.25) is 0 Å². The monoisotopic (exact) mass is 347 g/mol. The molecule has 0 atom stereocenters. The first-order chi connectivity index (χ1) is 13.3. The summed E-state index contributed by atoms with van der Waals surface area (Å²) in [6.45, 7) is 0. The van der Waals surface area contributed by atoms with Gasteiger partial charge in [0.15, 0.2) is 0 Å². The van der Waals surface area contributed by atoms with Gasteiger partial charge in [0.1, 0.15) is 17.5 Å². The number of rotatable bonds is 3. The van der Waals surface area contributed by atoms with Crippen LogP contribution in [-0.2, 0) is 0 Å². The average Bonchev–Trinajstić information content (AvgIpc) is 2.75. The molecule has 1 heterocycles. The molecule has 4 rings (SSSR count). The van der Waals surface area contributed by atoms with Gasteiger partial charge >= 0.3 is 0 Å². The van der Waals surface area contributed by atoms with E-state index in [2.05, 4.69) is 11.1 Å². The fourth-order valence-electron chi connectivity index (χ4n) is 3.30. The largest absolute Gasteiger partial charge is 0.383 e. The van der Waals surface area contributed by atoms with Crippen molar-refractivity contribution in [3.8, 4) is 39.6 Å². The molecule has 0 unspecified atom stereocenters. The van der Waals surface area contributed by atoms with Crippen LogP contribution in [0.2, 0.25) is 0 Å². The number of nitrogens with zero attached hydrogens (tertiary/aromatic N) is 2. The Labute approximate surface area is 158 Å². The summed E-state index contributed by atoms with van der Waals surface area (Å²) >= 11 is 0. The second-order valence-electron chi connectivity index (χ2n) is 6.18. The van der Waals surface area contributed by atoms with E-state index in [1.165, 1.54) is 0 Å². The van der Waals surface area contributed by atoms with E-state index < -0.39 is 0 Å². The van der Waals surface area contributed by atoms with Gasteiger partial charge in [-0.05, 0) is 11.1 Å². The number of nitrogen functional groups attached to an aromatic ring is 1. The lowest BCUT2D eigenvalue weighted by Crippen LogP contribution is -2.03. The maximum atomic E-state index is 9.82. The number of nitrogens with two attached hydrogens (primary N) is 1. The summed E-state index contributed by atoms with van der Waals surface area (Å²) in [4.78, 5) is 4.63. The van der Waals surface area contributed by atoms with E-state index in [-0.39, 0.29) is 5.82 Å². The number of benzene rings is 3. The fraction of sp³-hybridized carbons (Fsp3) is 0. The molecule has 0 aliphatic carbocycles. The van der Waals surface area contributed by atoms with Gasteiger partial charge in [-0.25, -0.2) is 4.98 Å². The van der Waals surface area contributed by atoms with Crippen molar-refractivity contribution in [2.75, 3.05) is 5.73 Å². The van der Waals surface area contributed by atoms with Crippen LogP contribution < -0.4 is 5.73 Å². The topological polar surface area (TPSA) is 62.7 Å². The molecule has 0 radical (unpaired) electrons. The van der Waals surface area contributed by atoms with Gasteiger partial charge in [-0.15, -0.1) is 0 Å². The van der Waals surface area contributed by atoms with Crippen LogP contribution in [0.4, 0.5) is 5.82 Å². The third kappa shape index (κ3) is 3.05. The number of hydrogen-bond acceptors (Lipinski definition) is 3. The van der Waals surface area contributed by atoms with Gasteiger partial charge in [-0.3, -0.25) is 0 Å². The van der Waals surface area contributed by atoms with Gasteiger partial charge in [0, 0.05) is 16.7 Å². The molecule has 2 N–H and O–H groups in total. The Morgan fingerprint density at radius 1 is 0.630 bits per heavy atom. The first-order valence-electron chi connectivity index (χ1n) is 8.69. The van der Waals surface area contributed by atoms with E-state index in [0.717, 1.165) is 33.5 Å². The van der Waals surface area contributed by atoms with Gasteiger partial charge in [-0.1, -0.05) is 91.0 Å². The van der Waals surface area contributed by atoms with Crippen LogP contribution >= 0.6 is 0 Å². The molecular formula is C24H17N3. The quantitative estimate of drug-likeness (QED) is 0.529. The fourth-order valence-corrected chi connectivity index (χ4v) is 3.30. The molecule has 0 saturated heterocycles. The molecule has 27 heavy (non-hydrogen) atoms. The highest BCUT2D eigenvalue weighted by Gasteiger charge is 2.21. The van der Waals surface area contributed by atoms with Crippen LogP contribution in [0.15, 0.2) is 91.0 Å². The van der Waals surface area contributed by atoms with Crippen LogP contribution in [0.1, 0.15) is 5.56 Å². The van der Waals surface area contributed by atoms with Crippen molar-refractivity contribution in [3.63, 3.8) is 0 Å². The van der Waals surface area contributed by atoms with E-state index in [4.69, 9.17) is 5.73 Å². The second-order valence-corrected chi connectivity index (χ2v) is 6.18. The summed E-state index contributed by atoms with van der Waals surface area (Å²) < 4.78 is 0. The van der Waals surface area contributed by atoms with Gasteiger partial charge in [0.05, 0.1) is 5.69 Å². The molecular weight excluding hydrogens is 330 g/mol. The highest BCUT2D eigenvalue weighted by atomic mass is 14.9. The minimum Gasteiger partial charge on any atom is -0.383 e. The van der Waals surface area contributed by atoms with E-state index >= 15 is 0 Å². The van der Waals surface area contributed by atoms with Crippen molar-refractivity contribution in [1.82, 2.24) is 4.98 Å². The van der Waals surface area contributed by atoms with Crippen molar-refractivity contribution in [1.29, 1.82) is 5.26 Å². The van der Waals surface area contributed by atoms with Crippen LogP contribution in [0, 0.1) is 11.3 Å². The smallest absolute Gasteiger partial charge is 0.142 e. The molecule has 3 nitrogen and oxygen atoms in total. The molecule has 0 fully saturated rings. The summed E-state index contributed by atoms with van der Waals surface area (Å²) in [5.74, 6) is 0.245. The molecule has 3 heteroatoms. The standard InChI is InChI=1S/C24H17N3/c25-16-20-21(17-10-4-1-5-11-17)22(18-12-6-2-7-13-18)23(27-24(20)26)19-14-8-3-9-15-19/h1-15H,(H2,26,27). The Hall–Kier alpha value is -3.90. The molecule has 0 amide bonds. The summed E-state index contributed by atoms with van der Waals surface area (Å²) in [5.41, 5.74) is 12.0. The zero-order chi connectivity index (χ0) is 18.6. The highest BCUT2D eigenvalue weighted by molar-refractivity contribution is 5.97. The van der Waals surface area contributed by atoms with Gasteiger partial charge < -0.3 is 5.73 Å². The lowest BCUT2D eigenvalue weighted by molar-refractivity contribution is 1.31. The third-order valence-electron chi connectivity index (χ3n) is 4.51. The van der Waals surface area contributed by atoms with Gasteiger partial charge in [-0.2, -0.15) is 5.26 Å². The predicted molar refractivity (Wildman–Crippen MR) is 110 cm³/mol. The maximum absolute atomic E-state index is 9.82. The van der Waals surface area contributed by atoms with Crippen molar-refractivity contribution in [2.24, 2.45) is 0 Å². The van der Waals surface area contributed by atoms with E-state index in [0.29, 0.717) is 5.56 Å². The Morgan fingerprint density at radius 3 is 1.56 bits per heavy atom. The Morgan fingerprint density at radius 2 is 1.07 bits per heavy atom. The van der Waals surface area contributed by atoms with Crippen LogP contribution in [0.5, 0.6) is 0 Å². The molecule has 0 aliphatic rings. The first-order valence-corrected chi connectivity index (χ1v) is 8.69. The van der Waals surface area contributed by atoms with Crippen molar-refractivity contribution < 1.29 is 0 Å². The SMILES string of the molecule is N#Cc1c(N)nc(-c2ccccc2)c(-c2ccccc2)c1-c1ccccc1. The Bertz CT molecular complexity index is 1110. The molecule has 3 aromatic carbocycles. The molecule has 4 aromatic rings. The minimum atomic E-state index is 0.245. The molecule has 128 valence electrons. The number of nitriles is 1. The second kappa shape index (κ2) is 7.15. The average molecular weight is 347 g/mol. The minimum absolute atomic E-state index is 0.245. The number of hydrogen-bond donors (Lipinski definition) is 1. The predicted octanol–water partition coefficient (Wildman–Crippen LogP) is 5.54. The number of aromatic nitrogens is 1. The molecule has 0 aliphatic heterocycles. The van der Waals surface area contributed by atoms with Crippen LogP contribution in [0.3, 0.4) is 0 Å². The normalized spacial score (nSPS) is 10.3. The summed E-state index contributed by atoms with van der Waals surface area (Å²) in [7, 11) is 0. The van der Waals surface area contributed by atoms with Crippen LogP contribution in [-0.4, -0.2) is 4.98 Å². The first kappa shape index (κ1) is 16.6. The van der Waals surface area contributed by atoms with Crippen LogP contribution in [0.25, 0.3) is 33.5 Å². The van der Waals surface area contributed by atoms with Crippen molar-refractivity contribution >= 4 is 5.82 Å². The zero-order valence-electron chi connectivity index (χ0n) is 14.6. The van der Waals surface area contributed by atoms with Crippen molar-refractivity contribution in [3.05, 3.63) is 96.6 Å². The maximum Gasteiger partial charge on any atom is 0.142 e. The van der Waals surface area contributed by atoms with Crippen molar-refractivity contribution in [2.45, 2.75) is 0 Å². The Kier molecular flexibility index (Phi) is 4.38. The number of pyridine rings is 1. The molecule has 0 spiro atoms. The van der Waals surface area contributed by atoms with E-state index in [1.54, 1.807) is 0 Å². The lowest BCUT2D eigenvalue weighted by Gasteiger charge is -2.18. The Balaban J connectivity index is 2.16. The highest BCUT2D eigenvalue weighted by Crippen LogP contribution is 2.42. The summed E-state index contributed by atoms with van der Waals surface area (Å²) in [6, 6.07) is 32.1.